The van der Waals surface area contributed by atoms with Gasteiger partial charge in [0.2, 0.25) is 11.8 Å². The van der Waals surface area contributed by atoms with E-state index in [1.54, 1.807) is 37.1 Å². The van der Waals surface area contributed by atoms with Crippen LogP contribution < -0.4 is 15.4 Å². The zero-order valence-corrected chi connectivity index (χ0v) is 18.0. The van der Waals surface area contributed by atoms with Gasteiger partial charge < -0.3 is 25.4 Å². The van der Waals surface area contributed by atoms with Crippen LogP contribution in [0, 0.1) is 5.92 Å². The average Bonchev–Trinajstić information content (AvgIpc) is 2.74. The van der Waals surface area contributed by atoms with Gasteiger partial charge in [-0.3, -0.25) is 9.59 Å². The number of anilines is 1. The molecule has 0 aromatic heterocycles. The molecule has 10 heteroatoms. The van der Waals surface area contributed by atoms with E-state index in [0.29, 0.717) is 30.1 Å². The first kappa shape index (κ1) is 24.9. The Kier molecular flexibility index (Phi) is 8.69. The number of hydrogen-bond acceptors (Lipinski definition) is 5. The van der Waals surface area contributed by atoms with Crippen LogP contribution >= 0.6 is 0 Å². The van der Waals surface area contributed by atoms with Crippen molar-refractivity contribution in [3.63, 3.8) is 0 Å². The van der Waals surface area contributed by atoms with Crippen molar-refractivity contribution in [1.29, 1.82) is 0 Å². The van der Waals surface area contributed by atoms with Crippen LogP contribution in [0.15, 0.2) is 18.2 Å². The maximum atomic E-state index is 13.0. The van der Waals surface area contributed by atoms with Crippen LogP contribution in [0.4, 0.5) is 18.9 Å². The lowest BCUT2D eigenvalue weighted by molar-refractivity contribution is -0.142. The van der Waals surface area contributed by atoms with E-state index < -0.39 is 24.9 Å². The van der Waals surface area contributed by atoms with Crippen LogP contribution in [0.3, 0.4) is 0 Å². The van der Waals surface area contributed by atoms with Crippen molar-refractivity contribution in [3.05, 3.63) is 23.8 Å². The van der Waals surface area contributed by atoms with Gasteiger partial charge in [-0.1, -0.05) is 6.92 Å². The molecule has 2 rings (SSSR count). The van der Waals surface area contributed by atoms with Gasteiger partial charge in [0.05, 0.1) is 25.5 Å². The van der Waals surface area contributed by atoms with E-state index in [4.69, 9.17) is 4.74 Å². The van der Waals surface area contributed by atoms with Gasteiger partial charge in [-0.2, -0.15) is 13.2 Å². The van der Waals surface area contributed by atoms with Crippen LogP contribution in [0.1, 0.15) is 32.3 Å². The smallest absolute Gasteiger partial charge is 0.389 e. The molecular formula is C21H30F3N3O4. The highest BCUT2D eigenvalue weighted by Gasteiger charge is 2.30. The minimum Gasteiger partial charge on any atom is -0.488 e. The Bertz CT molecular complexity index is 773. The Labute approximate surface area is 179 Å². The monoisotopic (exact) mass is 445 g/mol. The fraction of sp³-hybridized carbons (Fsp3) is 0.619. The summed E-state index contributed by atoms with van der Waals surface area (Å²) in [4.78, 5) is 26.5. The van der Waals surface area contributed by atoms with Gasteiger partial charge in [0.25, 0.3) is 0 Å². The maximum absolute atomic E-state index is 13.0. The molecule has 0 unspecified atom stereocenters. The summed E-state index contributed by atoms with van der Waals surface area (Å²) in [6, 6.07) is 4.33. The van der Waals surface area contributed by atoms with Crippen LogP contribution in [-0.4, -0.2) is 66.9 Å². The van der Waals surface area contributed by atoms with Crippen LogP contribution in [0.2, 0.25) is 0 Å². The van der Waals surface area contributed by atoms with Crippen LogP contribution in [0.5, 0.6) is 5.75 Å². The van der Waals surface area contributed by atoms with Gasteiger partial charge in [-0.05, 0) is 32.2 Å². The first-order valence-electron chi connectivity index (χ1n) is 10.2. The fourth-order valence-electron chi connectivity index (χ4n) is 3.43. The lowest BCUT2D eigenvalue weighted by atomic mass is 10.0. The third kappa shape index (κ3) is 7.39. The topological polar surface area (TPSA) is 90.9 Å². The third-order valence-electron chi connectivity index (χ3n) is 5.24. The molecule has 3 atom stereocenters. The molecule has 31 heavy (non-hydrogen) atoms. The number of halogens is 3. The molecule has 0 fully saturated rings. The second-order valence-corrected chi connectivity index (χ2v) is 7.93. The predicted molar refractivity (Wildman–Crippen MR) is 110 cm³/mol. The molecule has 3 N–H and O–H groups in total. The summed E-state index contributed by atoms with van der Waals surface area (Å²) in [5.41, 5.74) is 0.811. The van der Waals surface area contributed by atoms with Crippen molar-refractivity contribution in [2.75, 3.05) is 32.1 Å². The number of fused-ring (bicyclic) bond motifs is 1. The number of benzene rings is 1. The molecule has 0 saturated heterocycles. The zero-order chi connectivity index (χ0) is 23.2. The second-order valence-electron chi connectivity index (χ2n) is 7.93. The SMILES string of the molecule is CNC[C@H]1Oc2ccc(NC(=O)CCC(F)(F)F)cc2CC(=O)N([C@H](C)CO)C[C@@H]1C. The number of aliphatic hydroxyl groups is 1. The highest BCUT2D eigenvalue weighted by molar-refractivity contribution is 5.91. The van der Waals surface area contributed by atoms with E-state index in [9.17, 15) is 27.9 Å². The van der Waals surface area contributed by atoms with Crippen molar-refractivity contribution in [2.24, 2.45) is 5.92 Å². The van der Waals surface area contributed by atoms with Gasteiger partial charge in [0.15, 0.2) is 0 Å². The summed E-state index contributed by atoms with van der Waals surface area (Å²) in [6.07, 6.45) is -6.57. The fourth-order valence-corrected chi connectivity index (χ4v) is 3.43. The van der Waals surface area contributed by atoms with Crippen molar-refractivity contribution in [1.82, 2.24) is 10.2 Å². The van der Waals surface area contributed by atoms with Crippen molar-refractivity contribution in [2.45, 2.75) is 51.4 Å². The molecule has 0 bridgehead atoms. The summed E-state index contributed by atoms with van der Waals surface area (Å²) in [7, 11) is 1.79. The van der Waals surface area contributed by atoms with Gasteiger partial charge in [0, 0.05) is 36.7 Å². The molecule has 7 nitrogen and oxygen atoms in total. The number of alkyl halides is 3. The van der Waals surface area contributed by atoms with Gasteiger partial charge in [0.1, 0.15) is 11.9 Å². The number of amides is 2. The van der Waals surface area contributed by atoms with Crippen molar-refractivity contribution < 1.29 is 32.6 Å². The molecule has 1 aromatic rings. The highest BCUT2D eigenvalue weighted by Crippen LogP contribution is 2.29. The molecule has 1 heterocycles. The van der Waals surface area contributed by atoms with E-state index in [1.807, 2.05) is 6.92 Å². The zero-order valence-electron chi connectivity index (χ0n) is 18.0. The van der Waals surface area contributed by atoms with E-state index in [1.165, 1.54) is 0 Å². The normalized spacial score (nSPS) is 20.7. The van der Waals surface area contributed by atoms with E-state index in [2.05, 4.69) is 10.6 Å². The average molecular weight is 445 g/mol. The lowest BCUT2D eigenvalue weighted by Crippen LogP contribution is -2.47. The summed E-state index contributed by atoms with van der Waals surface area (Å²) in [5.74, 6) is -0.515. The molecule has 174 valence electrons. The molecule has 2 amide bonds. The predicted octanol–water partition coefficient (Wildman–Crippen LogP) is 2.34. The molecule has 1 aliphatic heterocycles. The number of nitrogens with zero attached hydrogens (tertiary/aromatic N) is 1. The second kappa shape index (κ2) is 10.8. The minimum atomic E-state index is -4.41. The summed E-state index contributed by atoms with van der Waals surface area (Å²) in [6.45, 7) is 4.48. The van der Waals surface area contributed by atoms with E-state index >= 15 is 0 Å². The molecule has 0 saturated carbocycles. The Morgan fingerprint density at radius 1 is 1.39 bits per heavy atom. The maximum Gasteiger partial charge on any atom is 0.389 e. The first-order valence-corrected chi connectivity index (χ1v) is 10.2. The number of hydrogen-bond donors (Lipinski definition) is 3. The third-order valence-corrected chi connectivity index (χ3v) is 5.24. The standard InChI is InChI=1S/C21H30F3N3O4/c1-13-11-27(14(2)12-28)20(30)9-15-8-16(26-19(29)6-7-21(22,23)24)4-5-17(15)31-18(13)10-25-3/h4-5,8,13-14,18,25,28H,6-7,9-12H2,1-3H3,(H,26,29)/t13-,14+,18+/m0/s1. The number of rotatable bonds is 7. The first-order chi connectivity index (χ1) is 14.5. The summed E-state index contributed by atoms with van der Waals surface area (Å²) in [5, 5.41) is 15.1. The van der Waals surface area contributed by atoms with Gasteiger partial charge >= 0.3 is 6.18 Å². The highest BCUT2D eigenvalue weighted by atomic mass is 19.4. The Morgan fingerprint density at radius 3 is 2.71 bits per heavy atom. The van der Waals surface area contributed by atoms with Gasteiger partial charge in [-0.15, -0.1) is 0 Å². The molecule has 1 aliphatic rings. The molecule has 0 radical (unpaired) electrons. The number of nitrogens with one attached hydrogen (secondary N) is 2. The van der Waals surface area contributed by atoms with Crippen LogP contribution in [-0.2, 0) is 16.0 Å². The molecule has 0 aliphatic carbocycles. The molecular weight excluding hydrogens is 415 g/mol. The van der Waals surface area contributed by atoms with E-state index in [-0.39, 0.29) is 37.0 Å². The minimum absolute atomic E-state index is 0.0229. The number of aliphatic hydroxyl groups excluding tert-OH is 1. The van der Waals surface area contributed by atoms with Crippen molar-refractivity contribution >= 4 is 17.5 Å². The number of likely N-dealkylation sites (N-methyl/N-ethyl adjacent to an activating group) is 1. The summed E-state index contributed by atoms with van der Waals surface area (Å²) >= 11 is 0. The Morgan fingerprint density at radius 2 is 2.10 bits per heavy atom. The number of carbonyl (C=O) groups is 2. The quantitative estimate of drug-likeness (QED) is 0.599. The van der Waals surface area contributed by atoms with Gasteiger partial charge in [-0.25, -0.2) is 0 Å². The molecule has 0 spiro atoms. The van der Waals surface area contributed by atoms with E-state index in [0.717, 1.165) is 0 Å². The van der Waals surface area contributed by atoms with Crippen molar-refractivity contribution in [3.8, 4) is 5.75 Å². The summed E-state index contributed by atoms with van der Waals surface area (Å²) < 4.78 is 43.2. The lowest BCUT2D eigenvalue weighted by Gasteiger charge is -2.32. The molecule has 1 aromatic carbocycles. The largest absolute Gasteiger partial charge is 0.488 e. The number of carbonyl (C=O) groups excluding carboxylic acids is 2. The van der Waals surface area contributed by atoms with Crippen LogP contribution in [0.25, 0.3) is 0 Å². The number of ether oxygens (including phenoxy) is 1. The Hall–Kier alpha value is -2.33. The Balaban J connectivity index is 2.29.